The first-order valence-electron chi connectivity index (χ1n) is 10.7. The van der Waals surface area contributed by atoms with Crippen molar-refractivity contribution in [1.82, 2.24) is 0 Å². The van der Waals surface area contributed by atoms with Crippen LogP contribution in [-0.4, -0.2) is 0 Å². The Hall–Kier alpha value is -3.64. The smallest absolute Gasteiger partial charge is 0.0222 e. The van der Waals surface area contributed by atoms with Gasteiger partial charge in [0.05, 0.1) is 0 Å². The highest BCUT2D eigenvalue weighted by Crippen LogP contribution is 2.28. The van der Waals surface area contributed by atoms with E-state index in [0.717, 1.165) is 0 Å². The van der Waals surface area contributed by atoms with Crippen LogP contribution < -0.4 is 20.9 Å². The summed E-state index contributed by atoms with van der Waals surface area (Å²) in [6, 6.07) is 13.7. The highest BCUT2D eigenvalue weighted by Gasteiger charge is 2.19. The van der Waals surface area contributed by atoms with E-state index < -0.39 is 0 Å². The average Bonchev–Trinajstić information content (AvgIpc) is 3.31. The zero-order valence-electron chi connectivity index (χ0n) is 16.5. The van der Waals surface area contributed by atoms with Crippen LogP contribution in [0, 0.1) is 11.8 Å². The van der Waals surface area contributed by atoms with Crippen LogP contribution in [0.2, 0.25) is 0 Å². The standard InChI is InChI=1S/C30H20/c1-2-20-6-10-28-24(14-20)18-26-16-22(8-12-30(26)28)4-3-21-7-11-29-25(15-21)17-23-13-19(1)5-9-27(23)29/h1-18,23,26H. The summed E-state index contributed by atoms with van der Waals surface area (Å²) < 4.78 is 0. The second-order valence-electron chi connectivity index (χ2n) is 8.66. The van der Waals surface area contributed by atoms with E-state index in [0.29, 0.717) is 11.8 Å². The number of hydrogen-bond acceptors (Lipinski definition) is 0. The molecule has 0 saturated heterocycles. The van der Waals surface area contributed by atoms with Crippen LogP contribution in [0.1, 0.15) is 11.1 Å². The third-order valence-electron chi connectivity index (χ3n) is 6.80. The predicted octanol–water partition coefficient (Wildman–Crippen LogP) is 3.54. The van der Waals surface area contributed by atoms with Gasteiger partial charge in [-0.2, -0.15) is 0 Å². The molecule has 0 N–H and O–H groups in total. The monoisotopic (exact) mass is 380 g/mol. The minimum absolute atomic E-state index is 0.370. The van der Waals surface area contributed by atoms with Gasteiger partial charge in [-0.1, -0.05) is 97.2 Å². The molecule has 0 nitrogen and oxygen atoms in total. The highest BCUT2D eigenvalue weighted by atomic mass is 14.2. The fourth-order valence-electron chi connectivity index (χ4n) is 5.28. The lowest BCUT2D eigenvalue weighted by Crippen LogP contribution is -2.22. The Morgan fingerprint density at radius 2 is 0.900 bits per heavy atom. The van der Waals surface area contributed by atoms with Crippen LogP contribution in [0.4, 0.5) is 0 Å². The molecule has 0 heterocycles. The van der Waals surface area contributed by atoms with Crippen molar-refractivity contribution in [2.24, 2.45) is 11.8 Å². The highest BCUT2D eigenvalue weighted by molar-refractivity contribution is 5.79. The Labute approximate surface area is 175 Å². The molecule has 0 radical (unpaired) electrons. The lowest BCUT2D eigenvalue weighted by Gasteiger charge is -2.12. The van der Waals surface area contributed by atoms with Gasteiger partial charge in [-0.05, 0) is 66.4 Å². The minimum Gasteiger partial charge on any atom is -0.0659 e. The molecule has 2 aromatic carbocycles. The van der Waals surface area contributed by atoms with Gasteiger partial charge in [0.2, 0.25) is 0 Å². The summed E-state index contributed by atoms with van der Waals surface area (Å²) in [5.74, 6) is 0.740. The zero-order chi connectivity index (χ0) is 19.7. The zero-order valence-corrected chi connectivity index (χ0v) is 16.5. The van der Waals surface area contributed by atoms with Gasteiger partial charge in [0.15, 0.2) is 0 Å². The van der Waals surface area contributed by atoms with E-state index in [9.17, 15) is 0 Å². The lowest BCUT2D eigenvalue weighted by atomic mass is 9.92. The molecule has 2 atom stereocenters. The minimum atomic E-state index is 0.370. The van der Waals surface area contributed by atoms with Gasteiger partial charge in [-0.25, -0.2) is 0 Å². The topological polar surface area (TPSA) is 0 Å². The first-order valence-corrected chi connectivity index (χ1v) is 10.7. The maximum Gasteiger partial charge on any atom is 0.0222 e. The first-order chi connectivity index (χ1) is 14.8. The Kier molecular flexibility index (Phi) is 3.20. The second kappa shape index (κ2) is 5.93. The Bertz CT molecular complexity index is 1450. The lowest BCUT2D eigenvalue weighted by molar-refractivity contribution is 1.16. The normalized spacial score (nSPS) is 23.6. The number of benzene rings is 2. The molecule has 0 saturated carbocycles. The van der Waals surface area contributed by atoms with Crippen molar-refractivity contribution in [2.75, 3.05) is 0 Å². The van der Waals surface area contributed by atoms with Crippen molar-refractivity contribution in [1.29, 1.82) is 0 Å². The van der Waals surface area contributed by atoms with Crippen molar-refractivity contribution in [2.45, 2.75) is 0 Å². The third kappa shape index (κ3) is 2.40. The molecule has 0 amide bonds. The molecule has 0 spiro atoms. The summed E-state index contributed by atoms with van der Waals surface area (Å²) in [6.07, 6.45) is 27.6. The average molecular weight is 380 g/mol. The third-order valence-corrected chi connectivity index (χ3v) is 6.80. The van der Waals surface area contributed by atoms with E-state index >= 15 is 0 Å². The van der Waals surface area contributed by atoms with E-state index in [-0.39, 0.29) is 0 Å². The molecule has 0 aromatic heterocycles. The SMILES string of the molecule is C1=CC2=c3ccc4cc3=CC2C=C1C=Cc1ccc2c(c1)=CC1C=C(C=CC=21)C=C4. The molecule has 0 fully saturated rings. The number of allylic oxidation sites excluding steroid dienone is 10. The molecule has 5 aliphatic carbocycles. The first kappa shape index (κ1) is 16.2. The Morgan fingerprint density at radius 3 is 1.40 bits per heavy atom. The summed E-state index contributed by atoms with van der Waals surface area (Å²) in [6.45, 7) is 0. The molecular formula is C30H20. The molecule has 30 heavy (non-hydrogen) atoms. The van der Waals surface area contributed by atoms with Crippen molar-refractivity contribution >= 4 is 35.5 Å². The van der Waals surface area contributed by atoms with Crippen LogP contribution in [-0.2, 0) is 0 Å². The molecule has 5 aliphatic rings. The molecule has 0 aliphatic heterocycles. The Morgan fingerprint density at radius 1 is 0.433 bits per heavy atom. The number of hydrogen-bond donors (Lipinski definition) is 0. The van der Waals surface area contributed by atoms with E-state index in [2.05, 4.69) is 109 Å². The summed E-state index contributed by atoms with van der Waals surface area (Å²) >= 11 is 0. The number of rotatable bonds is 0. The predicted molar refractivity (Wildman–Crippen MR) is 127 cm³/mol. The number of fused-ring (bicyclic) bond motifs is 2. The van der Waals surface area contributed by atoms with Crippen molar-refractivity contribution in [3.63, 3.8) is 0 Å². The molecule has 7 rings (SSSR count). The quantitative estimate of drug-likeness (QED) is 0.656. The largest absolute Gasteiger partial charge is 0.0659 e. The van der Waals surface area contributed by atoms with E-state index in [1.807, 2.05) is 0 Å². The van der Waals surface area contributed by atoms with Gasteiger partial charge in [0, 0.05) is 11.8 Å². The molecule has 8 bridgehead atoms. The van der Waals surface area contributed by atoms with Gasteiger partial charge in [-0.15, -0.1) is 0 Å². The van der Waals surface area contributed by atoms with Crippen LogP contribution in [0.25, 0.3) is 35.5 Å². The molecular weight excluding hydrogens is 360 g/mol. The van der Waals surface area contributed by atoms with Crippen LogP contribution >= 0.6 is 0 Å². The maximum atomic E-state index is 2.40. The Balaban J connectivity index is 1.47. The second-order valence-corrected chi connectivity index (χ2v) is 8.66. The van der Waals surface area contributed by atoms with Crippen LogP contribution in [0.5, 0.6) is 0 Å². The van der Waals surface area contributed by atoms with Crippen molar-refractivity contribution in [3.05, 3.63) is 128 Å². The maximum absolute atomic E-state index is 2.40. The molecule has 0 heteroatoms. The van der Waals surface area contributed by atoms with E-state index in [4.69, 9.17) is 0 Å². The summed E-state index contributed by atoms with van der Waals surface area (Å²) in [7, 11) is 0. The van der Waals surface area contributed by atoms with Gasteiger partial charge in [-0.3, -0.25) is 0 Å². The summed E-state index contributed by atoms with van der Waals surface area (Å²) in [5.41, 5.74) is 7.89. The fourth-order valence-corrected chi connectivity index (χ4v) is 5.28. The van der Waals surface area contributed by atoms with Crippen LogP contribution in [0.15, 0.2) is 96.2 Å². The van der Waals surface area contributed by atoms with E-state index in [1.165, 1.54) is 54.3 Å². The van der Waals surface area contributed by atoms with Gasteiger partial charge in [0.1, 0.15) is 0 Å². The van der Waals surface area contributed by atoms with Crippen molar-refractivity contribution in [3.8, 4) is 0 Å². The molecule has 140 valence electrons. The fraction of sp³-hybridized carbons (Fsp3) is 0.0667. The van der Waals surface area contributed by atoms with E-state index in [1.54, 1.807) is 0 Å². The summed E-state index contributed by atoms with van der Waals surface area (Å²) in [5, 5.41) is 5.42. The van der Waals surface area contributed by atoms with Gasteiger partial charge < -0.3 is 0 Å². The van der Waals surface area contributed by atoms with Gasteiger partial charge in [0.25, 0.3) is 0 Å². The summed E-state index contributed by atoms with van der Waals surface area (Å²) in [4.78, 5) is 0. The van der Waals surface area contributed by atoms with Crippen molar-refractivity contribution < 1.29 is 0 Å². The molecule has 2 unspecified atom stereocenters. The van der Waals surface area contributed by atoms with Gasteiger partial charge >= 0.3 is 0 Å². The molecule has 2 aromatic rings. The van der Waals surface area contributed by atoms with Crippen LogP contribution in [0.3, 0.4) is 0 Å².